The number of carbonyl (C=O) groups excluding carboxylic acids is 2. The third kappa shape index (κ3) is 5.01. The molecule has 3 N–H and O–H groups in total. The van der Waals surface area contributed by atoms with E-state index in [1.807, 2.05) is 54.6 Å². The maximum atomic E-state index is 12.5. The average molecular weight is 415 g/mol. The molecule has 0 unspecified atom stereocenters. The molecule has 1 aliphatic heterocycles. The van der Waals surface area contributed by atoms with Crippen molar-refractivity contribution in [2.75, 3.05) is 36.0 Å². The average Bonchev–Trinajstić information content (AvgIpc) is 2.83. The lowest BCUT2D eigenvalue weighted by Gasteiger charge is -2.37. The molecule has 7 heteroatoms. The Morgan fingerprint density at radius 1 is 0.871 bits per heavy atom. The van der Waals surface area contributed by atoms with Crippen LogP contribution in [-0.2, 0) is 6.54 Å². The standard InChI is InChI=1S/C24H25N5O2/c25-23(30)19-6-8-20(9-7-19)28-12-14-29(15-13-28)21-10-11-26-22(16-21)24(31)27-17-18-4-2-1-3-5-18/h1-11,16H,12-15,17H2,(H2,25,30)(H,27,31). The molecule has 0 spiro atoms. The first-order chi connectivity index (χ1) is 15.1. The van der Waals surface area contributed by atoms with E-state index >= 15 is 0 Å². The quantitative estimate of drug-likeness (QED) is 0.645. The third-order valence-corrected chi connectivity index (χ3v) is 5.43. The lowest BCUT2D eigenvalue weighted by atomic mass is 10.1. The van der Waals surface area contributed by atoms with Gasteiger partial charge in [0.25, 0.3) is 5.91 Å². The molecule has 1 fully saturated rings. The van der Waals surface area contributed by atoms with E-state index in [9.17, 15) is 9.59 Å². The number of nitrogens with one attached hydrogen (secondary N) is 1. The minimum Gasteiger partial charge on any atom is -0.368 e. The van der Waals surface area contributed by atoms with Gasteiger partial charge in [0.2, 0.25) is 5.91 Å². The summed E-state index contributed by atoms with van der Waals surface area (Å²) in [5.74, 6) is -0.600. The number of rotatable bonds is 6. The zero-order chi connectivity index (χ0) is 21.6. The molecule has 2 amide bonds. The summed E-state index contributed by atoms with van der Waals surface area (Å²) in [4.78, 5) is 32.5. The van der Waals surface area contributed by atoms with Crippen LogP contribution in [0.4, 0.5) is 11.4 Å². The number of hydrogen-bond acceptors (Lipinski definition) is 5. The van der Waals surface area contributed by atoms with Gasteiger partial charge in [-0.15, -0.1) is 0 Å². The van der Waals surface area contributed by atoms with Gasteiger partial charge in [-0.05, 0) is 42.0 Å². The lowest BCUT2D eigenvalue weighted by Crippen LogP contribution is -2.46. The fraction of sp³-hybridized carbons (Fsp3) is 0.208. The summed E-state index contributed by atoms with van der Waals surface area (Å²) in [7, 11) is 0. The van der Waals surface area contributed by atoms with E-state index < -0.39 is 5.91 Å². The molecule has 2 aromatic carbocycles. The number of hydrogen-bond donors (Lipinski definition) is 2. The largest absolute Gasteiger partial charge is 0.368 e. The first kappa shape index (κ1) is 20.4. The zero-order valence-corrected chi connectivity index (χ0v) is 17.2. The molecule has 0 aliphatic carbocycles. The van der Waals surface area contributed by atoms with Crippen LogP contribution in [0.15, 0.2) is 72.9 Å². The Balaban J connectivity index is 1.35. The minimum absolute atomic E-state index is 0.182. The summed E-state index contributed by atoms with van der Waals surface area (Å²) in [5.41, 5.74) is 9.35. The molecule has 1 aromatic heterocycles. The number of aromatic nitrogens is 1. The van der Waals surface area contributed by atoms with E-state index in [4.69, 9.17) is 5.73 Å². The molecule has 0 radical (unpaired) electrons. The van der Waals surface area contributed by atoms with E-state index in [0.29, 0.717) is 17.8 Å². The van der Waals surface area contributed by atoms with Crippen LogP contribution in [0.3, 0.4) is 0 Å². The Bertz CT molecular complexity index is 1050. The van der Waals surface area contributed by atoms with Crippen LogP contribution in [0.1, 0.15) is 26.4 Å². The number of pyridine rings is 1. The van der Waals surface area contributed by atoms with E-state index in [-0.39, 0.29) is 5.91 Å². The molecule has 0 bridgehead atoms. The van der Waals surface area contributed by atoms with Crippen molar-refractivity contribution >= 4 is 23.2 Å². The van der Waals surface area contributed by atoms with Crippen LogP contribution < -0.4 is 20.9 Å². The van der Waals surface area contributed by atoms with Gasteiger partial charge in [-0.2, -0.15) is 0 Å². The van der Waals surface area contributed by atoms with Crippen LogP contribution in [0, 0.1) is 0 Å². The summed E-state index contributed by atoms with van der Waals surface area (Å²) < 4.78 is 0. The minimum atomic E-state index is -0.419. The van der Waals surface area contributed by atoms with Gasteiger partial charge < -0.3 is 20.9 Å². The topological polar surface area (TPSA) is 91.6 Å². The number of primary amides is 1. The number of anilines is 2. The first-order valence-corrected chi connectivity index (χ1v) is 10.3. The molecule has 0 atom stereocenters. The summed E-state index contributed by atoms with van der Waals surface area (Å²) in [5, 5.41) is 2.93. The number of amides is 2. The Hall–Kier alpha value is -3.87. The molecule has 7 nitrogen and oxygen atoms in total. The highest BCUT2D eigenvalue weighted by atomic mass is 16.2. The molecule has 4 rings (SSSR count). The van der Waals surface area contributed by atoms with Gasteiger partial charge in [0.15, 0.2) is 0 Å². The fourth-order valence-corrected chi connectivity index (χ4v) is 3.67. The molecule has 1 saturated heterocycles. The van der Waals surface area contributed by atoms with Gasteiger partial charge in [0.1, 0.15) is 5.69 Å². The highest BCUT2D eigenvalue weighted by molar-refractivity contribution is 5.93. The predicted octanol–water partition coefficient (Wildman–Crippen LogP) is 2.44. The molecule has 3 aromatic rings. The normalized spacial score (nSPS) is 13.7. The van der Waals surface area contributed by atoms with Crippen molar-refractivity contribution in [2.45, 2.75) is 6.54 Å². The highest BCUT2D eigenvalue weighted by Gasteiger charge is 2.19. The van der Waals surface area contributed by atoms with Gasteiger partial charge in [0, 0.05) is 55.9 Å². The second-order valence-electron chi connectivity index (χ2n) is 7.45. The Morgan fingerprint density at radius 3 is 2.16 bits per heavy atom. The van der Waals surface area contributed by atoms with Crippen molar-refractivity contribution < 1.29 is 9.59 Å². The van der Waals surface area contributed by atoms with Gasteiger partial charge in [-0.1, -0.05) is 30.3 Å². The van der Waals surface area contributed by atoms with Crippen molar-refractivity contribution in [3.05, 3.63) is 89.7 Å². The van der Waals surface area contributed by atoms with Crippen molar-refractivity contribution in [3.8, 4) is 0 Å². The summed E-state index contributed by atoms with van der Waals surface area (Å²) >= 11 is 0. The molecular formula is C24H25N5O2. The SMILES string of the molecule is NC(=O)c1ccc(N2CCN(c3ccnc(C(=O)NCc4ccccc4)c3)CC2)cc1. The van der Waals surface area contributed by atoms with E-state index in [0.717, 1.165) is 43.1 Å². The molecule has 1 aliphatic rings. The van der Waals surface area contributed by atoms with Crippen LogP contribution in [0.5, 0.6) is 0 Å². The molecular weight excluding hydrogens is 390 g/mol. The fourth-order valence-electron chi connectivity index (χ4n) is 3.67. The van der Waals surface area contributed by atoms with Crippen LogP contribution in [-0.4, -0.2) is 43.0 Å². The number of benzene rings is 2. The first-order valence-electron chi connectivity index (χ1n) is 10.3. The second-order valence-corrected chi connectivity index (χ2v) is 7.45. The smallest absolute Gasteiger partial charge is 0.270 e. The van der Waals surface area contributed by atoms with Crippen LogP contribution in [0.25, 0.3) is 0 Å². The maximum absolute atomic E-state index is 12.5. The molecule has 2 heterocycles. The van der Waals surface area contributed by atoms with E-state index in [1.165, 1.54) is 0 Å². The van der Waals surface area contributed by atoms with E-state index in [1.54, 1.807) is 18.3 Å². The number of nitrogens with two attached hydrogens (primary N) is 1. The number of piperazine rings is 1. The maximum Gasteiger partial charge on any atom is 0.270 e. The monoisotopic (exact) mass is 415 g/mol. The van der Waals surface area contributed by atoms with Crippen LogP contribution >= 0.6 is 0 Å². The van der Waals surface area contributed by atoms with E-state index in [2.05, 4.69) is 20.1 Å². The van der Waals surface area contributed by atoms with Gasteiger partial charge in [-0.3, -0.25) is 14.6 Å². The number of carbonyl (C=O) groups is 2. The van der Waals surface area contributed by atoms with Crippen LogP contribution in [0.2, 0.25) is 0 Å². The molecule has 0 saturated carbocycles. The second kappa shape index (κ2) is 9.30. The molecule has 31 heavy (non-hydrogen) atoms. The van der Waals surface area contributed by atoms with Crippen molar-refractivity contribution in [3.63, 3.8) is 0 Å². The Labute approximate surface area is 181 Å². The molecule has 158 valence electrons. The van der Waals surface area contributed by atoms with Gasteiger partial charge in [0.05, 0.1) is 0 Å². The third-order valence-electron chi connectivity index (χ3n) is 5.43. The summed E-state index contributed by atoms with van der Waals surface area (Å²) in [6.07, 6.45) is 1.68. The lowest BCUT2D eigenvalue weighted by molar-refractivity contribution is 0.0944. The van der Waals surface area contributed by atoms with Crippen molar-refractivity contribution in [1.29, 1.82) is 0 Å². The summed E-state index contributed by atoms with van der Waals surface area (Å²) in [6, 6.07) is 21.0. The number of nitrogens with zero attached hydrogens (tertiary/aromatic N) is 3. The Kier molecular flexibility index (Phi) is 6.12. The van der Waals surface area contributed by atoms with Crippen molar-refractivity contribution in [2.24, 2.45) is 5.73 Å². The Morgan fingerprint density at radius 2 is 1.52 bits per heavy atom. The van der Waals surface area contributed by atoms with Gasteiger partial charge >= 0.3 is 0 Å². The summed E-state index contributed by atoms with van der Waals surface area (Å²) in [6.45, 7) is 3.81. The highest BCUT2D eigenvalue weighted by Crippen LogP contribution is 2.21. The predicted molar refractivity (Wildman–Crippen MR) is 121 cm³/mol. The van der Waals surface area contributed by atoms with Crippen molar-refractivity contribution in [1.82, 2.24) is 10.3 Å². The van der Waals surface area contributed by atoms with Gasteiger partial charge in [-0.25, -0.2) is 0 Å². The zero-order valence-electron chi connectivity index (χ0n) is 17.2.